The summed E-state index contributed by atoms with van der Waals surface area (Å²) in [5, 5.41) is 6.94. The van der Waals surface area contributed by atoms with Crippen LogP contribution in [-0.2, 0) is 21.9 Å². The lowest BCUT2D eigenvalue weighted by Gasteiger charge is -2.08. The summed E-state index contributed by atoms with van der Waals surface area (Å²) in [5.41, 5.74) is 2.70. The Hall–Kier alpha value is -1.69. The van der Waals surface area contributed by atoms with Crippen molar-refractivity contribution in [2.75, 3.05) is 11.1 Å². The van der Waals surface area contributed by atoms with E-state index in [2.05, 4.69) is 10.6 Å². The molecule has 4 nitrogen and oxygen atoms in total. The third kappa shape index (κ3) is 7.83. The zero-order valence-corrected chi connectivity index (χ0v) is 17.4. The number of carbonyl (C=O) groups excluding carboxylic acids is 2. The van der Waals surface area contributed by atoms with Crippen LogP contribution < -0.4 is 10.6 Å². The van der Waals surface area contributed by atoms with Gasteiger partial charge in [-0.1, -0.05) is 48.3 Å². The number of nitrogens with one attached hydrogen (secondary N) is 2. The average Bonchev–Trinajstić information content (AvgIpc) is 2.63. The summed E-state index contributed by atoms with van der Waals surface area (Å²) >= 11 is 13.5. The number of hydrogen-bond donors (Lipinski definition) is 2. The van der Waals surface area contributed by atoms with Crippen molar-refractivity contribution in [3.8, 4) is 0 Å². The average molecular weight is 425 g/mol. The van der Waals surface area contributed by atoms with Gasteiger partial charge in [0.05, 0.1) is 5.75 Å². The minimum absolute atomic E-state index is 0.0105. The molecule has 2 aromatic rings. The Labute approximate surface area is 174 Å². The number of carbonyl (C=O) groups is 2. The summed E-state index contributed by atoms with van der Waals surface area (Å²) in [5.74, 6) is 0.974. The van der Waals surface area contributed by atoms with Gasteiger partial charge < -0.3 is 10.6 Å². The lowest BCUT2D eigenvalue weighted by molar-refractivity contribution is -0.118. The zero-order chi connectivity index (χ0) is 19.6. The number of rotatable bonds is 9. The van der Waals surface area contributed by atoms with Crippen LogP contribution in [0.5, 0.6) is 0 Å². The fourth-order valence-electron chi connectivity index (χ4n) is 2.30. The molecule has 0 atom stereocenters. The molecule has 0 heterocycles. The summed E-state index contributed by atoms with van der Waals surface area (Å²) in [6.45, 7) is 2.41. The molecule has 0 aliphatic carbocycles. The van der Waals surface area contributed by atoms with Crippen molar-refractivity contribution in [1.29, 1.82) is 0 Å². The fourth-order valence-corrected chi connectivity index (χ4v) is 3.72. The predicted molar refractivity (Wildman–Crippen MR) is 114 cm³/mol. The molecule has 7 heteroatoms. The largest absolute Gasteiger partial charge is 0.351 e. The fraction of sp³-hybridized carbons (Fsp3) is 0.300. The molecule has 0 unspecified atom stereocenters. The molecule has 0 radical (unpaired) electrons. The topological polar surface area (TPSA) is 58.2 Å². The molecule has 144 valence electrons. The van der Waals surface area contributed by atoms with Crippen LogP contribution in [0.25, 0.3) is 0 Å². The molecule has 0 saturated heterocycles. The van der Waals surface area contributed by atoms with E-state index in [9.17, 15) is 9.59 Å². The minimum Gasteiger partial charge on any atom is -0.351 e. The highest BCUT2D eigenvalue weighted by molar-refractivity contribution is 7.99. The van der Waals surface area contributed by atoms with Gasteiger partial charge in [-0.3, -0.25) is 9.59 Å². The van der Waals surface area contributed by atoms with Gasteiger partial charge >= 0.3 is 0 Å². The monoisotopic (exact) mass is 424 g/mol. The lowest BCUT2D eigenvalue weighted by atomic mass is 10.2. The molecular formula is C20H22Cl2N2O2S. The van der Waals surface area contributed by atoms with Crippen molar-refractivity contribution in [1.82, 2.24) is 5.32 Å². The van der Waals surface area contributed by atoms with Crippen LogP contribution in [0.2, 0.25) is 10.0 Å². The van der Waals surface area contributed by atoms with E-state index in [1.807, 2.05) is 37.3 Å². The standard InChI is InChI=1S/C20H22Cl2N2O2S/c1-2-3-19(25)24-17-8-4-14(5-9-17)11-23-20(26)13-27-12-15-6-7-16(21)10-18(15)22/h4-10H,2-3,11-13H2,1H3,(H,23,26)(H,24,25). The van der Waals surface area contributed by atoms with Gasteiger partial charge in [-0.05, 0) is 41.8 Å². The number of hydrogen-bond acceptors (Lipinski definition) is 3. The maximum atomic E-state index is 12.0. The van der Waals surface area contributed by atoms with Crippen molar-refractivity contribution in [3.05, 3.63) is 63.6 Å². The highest BCUT2D eigenvalue weighted by Crippen LogP contribution is 2.24. The van der Waals surface area contributed by atoms with Gasteiger partial charge in [-0.2, -0.15) is 0 Å². The highest BCUT2D eigenvalue weighted by Gasteiger charge is 2.06. The molecule has 0 bridgehead atoms. The van der Waals surface area contributed by atoms with E-state index >= 15 is 0 Å². The Balaban J connectivity index is 1.71. The normalized spacial score (nSPS) is 10.5. The maximum absolute atomic E-state index is 12.0. The molecule has 0 aliphatic rings. The Morgan fingerprint density at radius 1 is 1.04 bits per heavy atom. The zero-order valence-electron chi connectivity index (χ0n) is 15.1. The van der Waals surface area contributed by atoms with E-state index in [4.69, 9.17) is 23.2 Å². The Morgan fingerprint density at radius 3 is 2.44 bits per heavy atom. The van der Waals surface area contributed by atoms with E-state index < -0.39 is 0 Å². The second-order valence-electron chi connectivity index (χ2n) is 6.00. The van der Waals surface area contributed by atoms with Crippen LogP contribution in [0.4, 0.5) is 5.69 Å². The van der Waals surface area contributed by atoms with E-state index in [0.29, 0.717) is 34.5 Å². The molecular weight excluding hydrogens is 403 g/mol. The molecule has 2 aromatic carbocycles. The predicted octanol–water partition coefficient (Wildman–Crippen LogP) is 5.28. The van der Waals surface area contributed by atoms with E-state index in [1.54, 1.807) is 12.1 Å². The van der Waals surface area contributed by atoms with Crippen molar-refractivity contribution in [2.45, 2.75) is 32.1 Å². The van der Waals surface area contributed by atoms with Gasteiger partial charge in [0, 0.05) is 34.5 Å². The summed E-state index contributed by atoms with van der Waals surface area (Å²) in [4.78, 5) is 23.6. The first-order valence-corrected chi connectivity index (χ1v) is 10.6. The lowest BCUT2D eigenvalue weighted by Crippen LogP contribution is -2.24. The summed E-state index contributed by atoms with van der Waals surface area (Å²) in [6, 6.07) is 12.8. The molecule has 2 rings (SSSR count). The van der Waals surface area contributed by atoms with Gasteiger partial charge in [0.25, 0.3) is 0 Å². The van der Waals surface area contributed by atoms with Crippen LogP contribution in [0.1, 0.15) is 30.9 Å². The number of amides is 2. The molecule has 2 amide bonds. The van der Waals surface area contributed by atoms with Gasteiger partial charge in [0.15, 0.2) is 0 Å². The van der Waals surface area contributed by atoms with Crippen LogP contribution in [0.15, 0.2) is 42.5 Å². The molecule has 27 heavy (non-hydrogen) atoms. The molecule has 2 N–H and O–H groups in total. The minimum atomic E-state index is -0.0367. The molecule has 0 aromatic heterocycles. The van der Waals surface area contributed by atoms with Crippen LogP contribution in [0, 0.1) is 0 Å². The van der Waals surface area contributed by atoms with Gasteiger partial charge in [-0.15, -0.1) is 11.8 Å². The third-order valence-electron chi connectivity index (χ3n) is 3.71. The van der Waals surface area contributed by atoms with Crippen molar-refractivity contribution in [2.24, 2.45) is 0 Å². The van der Waals surface area contributed by atoms with Crippen molar-refractivity contribution < 1.29 is 9.59 Å². The maximum Gasteiger partial charge on any atom is 0.230 e. The summed E-state index contributed by atoms with van der Waals surface area (Å²) in [7, 11) is 0. The van der Waals surface area contributed by atoms with Crippen molar-refractivity contribution >= 4 is 52.5 Å². The number of benzene rings is 2. The quantitative estimate of drug-likeness (QED) is 0.575. The smallest absolute Gasteiger partial charge is 0.230 e. The van der Waals surface area contributed by atoms with Gasteiger partial charge in [0.2, 0.25) is 11.8 Å². The Morgan fingerprint density at radius 2 is 1.78 bits per heavy atom. The van der Waals surface area contributed by atoms with E-state index in [0.717, 1.165) is 23.2 Å². The summed E-state index contributed by atoms with van der Waals surface area (Å²) < 4.78 is 0. The number of thioether (sulfide) groups is 1. The van der Waals surface area contributed by atoms with Gasteiger partial charge in [0.1, 0.15) is 0 Å². The Kier molecular flexibility index (Phi) is 8.98. The summed E-state index contributed by atoms with van der Waals surface area (Å²) in [6.07, 6.45) is 1.33. The SMILES string of the molecule is CCCC(=O)Nc1ccc(CNC(=O)CSCc2ccc(Cl)cc2Cl)cc1. The first kappa shape index (κ1) is 21.6. The second-order valence-corrected chi connectivity index (χ2v) is 7.83. The van der Waals surface area contributed by atoms with Crippen LogP contribution in [-0.4, -0.2) is 17.6 Å². The van der Waals surface area contributed by atoms with Crippen LogP contribution >= 0.6 is 35.0 Å². The highest BCUT2D eigenvalue weighted by atomic mass is 35.5. The molecule has 0 saturated carbocycles. The Bertz CT molecular complexity index is 782. The number of anilines is 1. The first-order chi connectivity index (χ1) is 13.0. The first-order valence-electron chi connectivity index (χ1n) is 8.65. The number of halogens is 2. The van der Waals surface area contributed by atoms with E-state index in [-0.39, 0.29) is 11.8 Å². The second kappa shape index (κ2) is 11.2. The van der Waals surface area contributed by atoms with E-state index in [1.165, 1.54) is 11.8 Å². The third-order valence-corrected chi connectivity index (χ3v) is 5.28. The van der Waals surface area contributed by atoms with Crippen LogP contribution in [0.3, 0.4) is 0 Å². The molecule has 0 spiro atoms. The molecule has 0 fully saturated rings. The van der Waals surface area contributed by atoms with Gasteiger partial charge in [-0.25, -0.2) is 0 Å². The van der Waals surface area contributed by atoms with Crippen molar-refractivity contribution in [3.63, 3.8) is 0 Å². The molecule has 0 aliphatic heterocycles.